The summed E-state index contributed by atoms with van der Waals surface area (Å²) in [7, 11) is 0. The van der Waals surface area contributed by atoms with Gasteiger partial charge in [0.2, 0.25) is 0 Å². The van der Waals surface area contributed by atoms with Crippen LogP contribution in [0.3, 0.4) is 0 Å². The Morgan fingerprint density at radius 3 is 3.25 bits per heavy atom. The topological polar surface area (TPSA) is 89.1 Å². The molecule has 1 aliphatic rings. The van der Waals surface area contributed by atoms with Crippen molar-refractivity contribution in [2.24, 2.45) is 0 Å². The van der Waals surface area contributed by atoms with Gasteiger partial charge < -0.3 is 14.8 Å². The fourth-order valence-corrected chi connectivity index (χ4v) is 1.46. The maximum atomic E-state index is 11.3. The van der Waals surface area contributed by atoms with E-state index >= 15 is 0 Å². The number of morpholine rings is 1. The molecule has 0 radical (unpaired) electrons. The highest BCUT2D eigenvalue weighted by molar-refractivity contribution is 5.84. The summed E-state index contributed by atoms with van der Waals surface area (Å²) in [6.07, 6.45) is 0. The van der Waals surface area contributed by atoms with Crippen molar-refractivity contribution in [2.45, 2.75) is 13.0 Å². The molecular formula is C9H14N4O3. The van der Waals surface area contributed by atoms with Gasteiger partial charge in [0.05, 0.1) is 25.9 Å². The number of hydrogen-bond donors (Lipinski definition) is 2. The van der Waals surface area contributed by atoms with Crippen molar-refractivity contribution < 1.29 is 14.3 Å². The number of rotatable bonds is 3. The molecule has 2 N–H and O–H groups in total. The molecule has 0 spiro atoms. The van der Waals surface area contributed by atoms with E-state index in [9.17, 15) is 4.79 Å². The minimum absolute atomic E-state index is 0.0376. The summed E-state index contributed by atoms with van der Waals surface area (Å²) < 4.78 is 10.1. The summed E-state index contributed by atoms with van der Waals surface area (Å²) in [6.45, 7) is 4.03. The van der Waals surface area contributed by atoms with Gasteiger partial charge in [0.15, 0.2) is 0 Å². The zero-order valence-corrected chi connectivity index (χ0v) is 9.02. The molecule has 1 atom stereocenters. The molecule has 0 aliphatic carbocycles. The van der Waals surface area contributed by atoms with Crippen molar-refractivity contribution in [1.82, 2.24) is 20.5 Å². The summed E-state index contributed by atoms with van der Waals surface area (Å²) in [6, 6.07) is -0.0376. The van der Waals surface area contributed by atoms with Gasteiger partial charge in [0.1, 0.15) is 5.82 Å². The molecule has 1 aromatic rings. The summed E-state index contributed by atoms with van der Waals surface area (Å²) in [4.78, 5) is 15.4. The van der Waals surface area contributed by atoms with Crippen molar-refractivity contribution >= 4 is 5.97 Å². The van der Waals surface area contributed by atoms with Crippen LogP contribution >= 0.6 is 0 Å². The van der Waals surface area contributed by atoms with Gasteiger partial charge in [0.25, 0.3) is 5.82 Å². The normalized spacial score (nSPS) is 20.7. The number of nitrogens with one attached hydrogen (secondary N) is 2. The second kappa shape index (κ2) is 5.04. The maximum Gasteiger partial charge on any atom is 0.378 e. The van der Waals surface area contributed by atoms with Crippen LogP contribution in [0.25, 0.3) is 0 Å². The molecule has 2 heterocycles. The SMILES string of the molecule is CCOC(=O)c1n[nH]c(C2COCCN2)n1. The third-order valence-electron chi connectivity index (χ3n) is 2.21. The van der Waals surface area contributed by atoms with Gasteiger partial charge in [-0.05, 0) is 6.92 Å². The van der Waals surface area contributed by atoms with Gasteiger partial charge in [0, 0.05) is 6.54 Å². The van der Waals surface area contributed by atoms with Crippen molar-refractivity contribution in [1.29, 1.82) is 0 Å². The highest BCUT2D eigenvalue weighted by atomic mass is 16.5. The molecular weight excluding hydrogens is 212 g/mol. The van der Waals surface area contributed by atoms with Crippen molar-refractivity contribution in [3.05, 3.63) is 11.6 Å². The standard InChI is InChI=1S/C9H14N4O3/c1-2-16-9(14)8-11-7(12-13-8)6-5-15-4-3-10-6/h6,10H,2-5H2,1H3,(H,11,12,13). The fraction of sp³-hybridized carbons (Fsp3) is 0.667. The highest BCUT2D eigenvalue weighted by Gasteiger charge is 2.21. The van der Waals surface area contributed by atoms with E-state index in [1.807, 2.05) is 0 Å². The number of esters is 1. The van der Waals surface area contributed by atoms with Gasteiger partial charge in [-0.3, -0.25) is 5.10 Å². The average molecular weight is 226 g/mol. The van der Waals surface area contributed by atoms with Crippen LogP contribution in [0.2, 0.25) is 0 Å². The maximum absolute atomic E-state index is 11.3. The summed E-state index contributed by atoms with van der Waals surface area (Å²) in [5.41, 5.74) is 0. The minimum atomic E-state index is -0.512. The summed E-state index contributed by atoms with van der Waals surface area (Å²) in [5, 5.41) is 9.72. The van der Waals surface area contributed by atoms with Crippen LogP contribution in [0.4, 0.5) is 0 Å². The van der Waals surface area contributed by atoms with Gasteiger partial charge in [-0.25, -0.2) is 9.78 Å². The minimum Gasteiger partial charge on any atom is -0.460 e. The number of carbonyl (C=O) groups excluding carboxylic acids is 1. The smallest absolute Gasteiger partial charge is 0.378 e. The Kier molecular flexibility index (Phi) is 3.47. The van der Waals surface area contributed by atoms with Crippen molar-refractivity contribution in [3.63, 3.8) is 0 Å². The quantitative estimate of drug-likeness (QED) is 0.684. The molecule has 1 aromatic heterocycles. The number of aromatic nitrogens is 3. The van der Waals surface area contributed by atoms with E-state index in [4.69, 9.17) is 9.47 Å². The molecule has 7 heteroatoms. The molecule has 0 bridgehead atoms. The molecule has 1 unspecified atom stereocenters. The van der Waals surface area contributed by atoms with E-state index in [-0.39, 0.29) is 11.9 Å². The molecule has 88 valence electrons. The lowest BCUT2D eigenvalue weighted by molar-refractivity contribution is 0.0511. The number of nitrogens with zero attached hydrogens (tertiary/aromatic N) is 2. The Morgan fingerprint density at radius 1 is 1.69 bits per heavy atom. The van der Waals surface area contributed by atoms with Crippen molar-refractivity contribution in [3.8, 4) is 0 Å². The largest absolute Gasteiger partial charge is 0.460 e. The first-order chi connectivity index (χ1) is 7.81. The van der Waals surface area contributed by atoms with Gasteiger partial charge in [-0.2, -0.15) is 0 Å². The summed E-state index contributed by atoms with van der Waals surface area (Å²) in [5.74, 6) is 0.147. The van der Waals surface area contributed by atoms with E-state index in [1.165, 1.54) is 0 Å². The average Bonchev–Trinajstić information content (AvgIpc) is 2.80. The lowest BCUT2D eigenvalue weighted by Crippen LogP contribution is -2.35. The van der Waals surface area contributed by atoms with Crippen molar-refractivity contribution in [2.75, 3.05) is 26.4 Å². The number of hydrogen-bond acceptors (Lipinski definition) is 6. The van der Waals surface area contributed by atoms with Crippen LogP contribution in [-0.2, 0) is 9.47 Å². The van der Waals surface area contributed by atoms with Gasteiger partial charge in [-0.1, -0.05) is 0 Å². The predicted molar refractivity (Wildman–Crippen MR) is 53.9 cm³/mol. The molecule has 1 fully saturated rings. The number of ether oxygens (including phenoxy) is 2. The van der Waals surface area contributed by atoms with Crippen LogP contribution in [-0.4, -0.2) is 47.5 Å². The number of H-pyrrole nitrogens is 1. The lowest BCUT2D eigenvalue weighted by Gasteiger charge is -2.21. The number of carbonyl (C=O) groups is 1. The predicted octanol–water partition coefficient (Wildman–Crippen LogP) is -0.358. The molecule has 0 saturated carbocycles. The van der Waals surface area contributed by atoms with Crippen LogP contribution in [0, 0.1) is 0 Å². The Labute approximate surface area is 92.5 Å². The van der Waals surface area contributed by atoms with Gasteiger partial charge in [-0.15, -0.1) is 5.10 Å². The zero-order chi connectivity index (χ0) is 11.4. The van der Waals surface area contributed by atoms with Crippen LogP contribution in [0.1, 0.15) is 29.4 Å². The van der Waals surface area contributed by atoms with E-state index in [0.717, 1.165) is 6.54 Å². The Bertz CT molecular complexity index is 359. The zero-order valence-electron chi connectivity index (χ0n) is 9.02. The first-order valence-electron chi connectivity index (χ1n) is 5.21. The Morgan fingerprint density at radius 2 is 2.56 bits per heavy atom. The van der Waals surface area contributed by atoms with E-state index < -0.39 is 5.97 Å². The van der Waals surface area contributed by atoms with Gasteiger partial charge >= 0.3 is 5.97 Å². The molecule has 1 aliphatic heterocycles. The van der Waals surface area contributed by atoms with E-state index in [2.05, 4.69) is 20.5 Å². The number of aromatic amines is 1. The molecule has 2 rings (SSSR count). The first-order valence-corrected chi connectivity index (χ1v) is 5.21. The highest BCUT2D eigenvalue weighted by Crippen LogP contribution is 2.10. The fourth-order valence-electron chi connectivity index (χ4n) is 1.46. The van der Waals surface area contributed by atoms with E-state index in [0.29, 0.717) is 25.6 Å². The van der Waals surface area contributed by atoms with Crippen LogP contribution in [0.15, 0.2) is 0 Å². The second-order valence-corrected chi connectivity index (χ2v) is 3.35. The Balaban J connectivity index is 2.03. The first kappa shape index (κ1) is 11.0. The second-order valence-electron chi connectivity index (χ2n) is 3.35. The Hall–Kier alpha value is -1.47. The lowest BCUT2D eigenvalue weighted by atomic mass is 10.2. The molecule has 1 saturated heterocycles. The summed E-state index contributed by atoms with van der Waals surface area (Å²) >= 11 is 0. The molecule has 7 nitrogen and oxygen atoms in total. The molecule has 16 heavy (non-hydrogen) atoms. The van der Waals surface area contributed by atoms with Crippen LogP contribution in [0.5, 0.6) is 0 Å². The molecule has 0 amide bonds. The monoisotopic (exact) mass is 226 g/mol. The third-order valence-corrected chi connectivity index (χ3v) is 2.21. The van der Waals surface area contributed by atoms with Crippen LogP contribution < -0.4 is 5.32 Å². The van der Waals surface area contributed by atoms with E-state index in [1.54, 1.807) is 6.92 Å². The molecule has 0 aromatic carbocycles. The third kappa shape index (κ3) is 2.37.